The highest BCUT2D eigenvalue weighted by molar-refractivity contribution is 5.79. The van der Waals surface area contributed by atoms with Gasteiger partial charge in [-0.15, -0.1) is 0 Å². The lowest BCUT2D eigenvalue weighted by Crippen LogP contribution is -2.21. The van der Waals surface area contributed by atoms with Crippen LogP contribution in [0.3, 0.4) is 0 Å². The standard InChI is InChI=1S/C15H15N3O.H2/c1-2-10-13(9-7-8-9)17-15-16-11-5-3-4-6-12(11)18(15)14(10)19;/h3-6,9H,2,7-8H2,1H3,(H,16,17);1H. The van der Waals surface area contributed by atoms with Crippen molar-refractivity contribution in [1.82, 2.24) is 14.4 Å². The molecule has 2 aromatic heterocycles. The number of aromatic nitrogens is 3. The SMILES string of the molecule is CCc1c(C2CC2)[nH]c2nc3ccccc3n2c1=O.[HH]. The quantitative estimate of drug-likeness (QED) is 0.765. The number of hydrogen-bond acceptors (Lipinski definition) is 2. The van der Waals surface area contributed by atoms with E-state index in [-0.39, 0.29) is 6.99 Å². The second-order valence-electron chi connectivity index (χ2n) is 5.21. The predicted molar refractivity (Wildman–Crippen MR) is 76.8 cm³/mol. The lowest BCUT2D eigenvalue weighted by atomic mass is 10.1. The number of fused-ring (bicyclic) bond motifs is 3. The Bertz CT molecular complexity index is 845. The summed E-state index contributed by atoms with van der Waals surface area (Å²) in [7, 11) is 0. The molecule has 1 aliphatic rings. The predicted octanol–water partition coefficient (Wildman–Crippen LogP) is 2.86. The summed E-state index contributed by atoms with van der Waals surface area (Å²) in [6, 6.07) is 7.77. The molecule has 1 fully saturated rings. The molecule has 19 heavy (non-hydrogen) atoms. The van der Waals surface area contributed by atoms with Crippen molar-refractivity contribution in [2.24, 2.45) is 0 Å². The van der Waals surface area contributed by atoms with Crippen LogP contribution in [-0.2, 0) is 6.42 Å². The molecular weight excluding hydrogens is 238 g/mol. The Morgan fingerprint density at radius 1 is 1.42 bits per heavy atom. The molecule has 4 rings (SSSR count). The Labute approximate surface area is 111 Å². The first-order chi connectivity index (χ1) is 9.29. The number of nitrogens with zero attached hydrogens (tertiary/aromatic N) is 2. The van der Waals surface area contributed by atoms with Crippen LogP contribution in [0.4, 0.5) is 0 Å². The van der Waals surface area contributed by atoms with Crippen molar-refractivity contribution in [1.29, 1.82) is 0 Å². The zero-order valence-corrected chi connectivity index (χ0v) is 10.8. The van der Waals surface area contributed by atoms with Gasteiger partial charge in [-0.05, 0) is 37.3 Å². The second kappa shape index (κ2) is 3.70. The van der Waals surface area contributed by atoms with E-state index in [9.17, 15) is 4.79 Å². The van der Waals surface area contributed by atoms with Gasteiger partial charge in [-0.1, -0.05) is 19.1 Å². The molecule has 98 valence electrons. The number of imidazole rings is 1. The summed E-state index contributed by atoms with van der Waals surface area (Å²) < 4.78 is 1.71. The van der Waals surface area contributed by atoms with Crippen LogP contribution >= 0.6 is 0 Å². The van der Waals surface area contributed by atoms with Crippen LogP contribution in [0, 0.1) is 0 Å². The largest absolute Gasteiger partial charge is 0.328 e. The fourth-order valence-corrected chi connectivity index (χ4v) is 2.82. The molecule has 0 amide bonds. The van der Waals surface area contributed by atoms with E-state index in [0.29, 0.717) is 11.7 Å². The van der Waals surface area contributed by atoms with Crippen LogP contribution in [0.2, 0.25) is 0 Å². The minimum Gasteiger partial charge on any atom is -0.328 e. The number of rotatable bonds is 2. The van der Waals surface area contributed by atoms with Crippen molar-refractivity contribution < 1.29 is 1.43 Å². The van der Waals surface area contributed by atoms with E-state index in [1.54, 1.807) is 4.40 Å². The van der Waals surface area contributed by atoms with Crippen molar-refractivity contribution in [3.63, 3.8) is 0 Å². The number of hydrogen-bond donors (Lipinski definition) is 1. The summed E-state index contributed by atoms with van der Waals surface area (Å²) in [5.74, 6) is 1.21. The third-order valence-corrected chi connectivity index (χ3v) is 3.93. The van der Waals surface area contributed by atoms with Crippen LogP contribution in [0.1, 0.15) is 38.4 Å². The first kappa shape index (κ1) is 10.8. The van der Waals surface area contributed by atoms with Crippen molar-refractivity contribution in [2.75, 3.05) is 0 Å². The summed E-state index contributed by atoms with van der Waals surface area (Å²) in [5.41, 5.74) is 3.86. The van der Waals surface area contributed by atoms with Gasteiger partial charge in [0.2, 0.25) is 5.78 Å². The normalized spacial score (nSPS) is 15.4. The lowest BCUT2D eigenvalue weighted by molar-refractivity contribution is 0.897. The highest BCUT2D eigenvalue weighted by atomic mass is 16.1. The maximum Gasteiger partial charge on any atom is 0.262 e. The molecule has 2 heterocycles. The highest BCUT2D eigenvalue weighted by Gasteiger charge is 2.28. The molecule has 0 saturated heterocycles. The number of nitrogens with one attached hydrogen (secondary N) is 1. The van der Waals surface area contributed by atoms with Gasteiger partial charge < -0.3 is 4.98 Å². The summed E-state index contributed by atoms with van der Waals surface area (Å²) in [6.07, 6.45) is 3.13. The molecule has 0 spiro atoms. The van der Waals surface area contributed by atoms with Crippen molar-refractivity contribution in [3.8, 4) is 0 Å². The molecule has 4 nitrogen and oxygen atoms in total. The van der Waals surface area contributed by atoms with Crippen molar-refractivity contribution in [2.45, 2.75) is 32.1 Å². The molecule has 1 aromatic carbocycles. The third kappa shape index (κ3) is 1.46. The minimum atomic E-state index is 0. The third-order valence-electron chi connectivity index (χ3n) is 3.93. The first-order valence-corrected chi connectivity index (χ1v) is 6.82. The Balaban J connectivity index is 0.00000121. The number of para-hydroxylation sites is 2. The Hall–Kier alpha value is -2.10. The molecule has 0 radical (unpaired) electrons. The summed E-state index contributed by atoms with van der Waals surface area (Å²) in [6.45, 7) is 2.04. The van der Waals surface area contributed by atoms with Crippen LogP contribution in [0.5, 0.6) is 0 Å². The molecule has 0 bridgehead atoms. The second-order valence-corrected chi connectivity index (χ2v) is 5.21. The maximum absolute atomic E-state index is 12.7. The smallest absolute Gasteiger partial charge is 0.262 e. The van der Waals surface area contributed by atoms with Gasteiger partial charge >= 0.3 is 0 Å². The first-order valence-electron chi connectivity index (χ1n) is 6.82. The van der Waals surface area contributed by atoms with Gasteiger partial charge in [-0.2, -0.15) is 0 Å². The van der Waals surface area contributed by atoms with Gasteiger partial charge in [0.15, 0.2) is 0 Å². The van der Waals surface area contributed by atoms with Crippen LogP contribution in [0.15, 0.2) is 29.1 Å². The summed E-state index contributed by atoms with van der Waals surface area (Å²) in [4.78, 5) is 20.6. The fourth-order valence-electron chi connectivity index (χ4n) is 2.82. The monoisotopic (exact) mass is 255 g/mol. The van der Waals surface area contributed by atoms with Crippen molar-refractivity contribution >= 4 is 16.8 Å². The van der Waals surface area contributed by atoms with E-state index in [1.807, 2.05) is 31.2 Å². The Morgan fingerprint density at radius 2 is 2.21 bits per heavy atom. The topological polar surface area (TPSA) is 50.2 Å². The zero-order valence-electron chi connectivity index (χ0n) is 10.8. The zero-order chi connectivity index (χ0) is 13.0. The lowest BCUT2D eigenvalue weighted by Gasteiger charge is -2.07. The molecule has 0 aliphatic heterocycles. The number of benzene rings is 1. The molecule has 0 unspecified atom stereocenters. The molecule has 3 aromatic rings. The highest BCUT2D eigenvalue weighted by Crippen LogP contribution is 2.40. The van der Waals surface area contributed by atoms with Crippen LogP contribution < -0.4 is 5.56 Å². The van der Waals surface area contributed by atoms with E-state index in [2.05, 4.69) is 9.97 Å². The average molecular weight is 255 g/mol. The molecule has 1 saturated carbocycles. The van der Waals surface area contributed by atoms with Crippen molar-refractivity contribution in [3.05, 3.63) is 45.9 Å². The van der Waals surface area contributed by atoms with Gasteiger partial charge in [-0.25, -0.2) is 9.38 Å². The van der Waals surface area contributed by atoms with Gasteiger partial charge in [0.25, 0.3) is 5.56 Å². The van der Waals surface area contributed by atoms with E-state index in [0.717, 1.165) is 28.7 Å². The minimum absolute atomic E-state index is 0. The van der Waals surface area contributed by atoms with E-state index < -0.39 is 0 Å². The molecule has 1 N–H and O–H groups in total. The molecule has 1 aliphatic carbocycles. The van der Waals surface area contributed by atoms with Gasteiger partial charge in [0.05, 0.1) is 11.0 Å². The van der Waals surface area contributed by atoms with Gasteiger partial charge in [0, 0.05) is 12.7 Å². The average Bonchev–Trinajstić information content (AvgIpc) is 3.19. The number of aromatic amines is 1. The van der Waals surface area contributed by atoms with E-state index >= 15 is 0 Å². The molecule has 4 heteroatoms. The number of H-pyrrole nitrogens is 1. The summed E-state index contributed by atoms with van der Waals surface area (Å²) >= 11 is 0. The molecular formula is C15H17N3O. The fraction of sp³-hybridized carbons (Fsp3) is 0.333. The van der Waals surface area contributed by atoms with Gasteiger partial charge in [0.1, 0.15) is 0 Å². The molecule has 0 atom stereocenters. The van der Waals surface area contributed by atoms with Gasteiger partial charge in [-0.3, -0.25) is 4.79 Å². The summed E-state index contributed by atoms with van der Waals surface area (Å²) in [5, 5.41) is 0. The Morgan fingerprint density at radius 3 is 2.95 bits per heavy atom. The van der Waals surface area contributed by atoms with Crippen LogP contribution in [0.25, 0.3) is 16.8 Å². The van der Waals surface area contributed by atoms with E-state index in [1.165, 1.54) is 12.8 Å². The maximum atomic E-state index is 12.7. The van der Waals surface area contributed by atoms with Crippen LogP contribution in [-0.4, -0.2) is 14.4 Å². The Kier molecular flexibility index (Phi) is 2.10. The van der Waals surface area contributed by atoms with E-state index in [4.69, 9.17) is 0 Å².